The molecule has 94 valence electrons. The molecule has 0 spiro atoms. The number of phenolic OH excluding ortho intramolecular Hbond substituents is 1. The largest absolute Gasteiger partial charge is 0.507 e. The number of hydrogen-bond acceptors (Lipinski definition) is 2. The van der Waals surface area contributed by atoms with E-state index >= 15 is 0 Å². The van der Waals surface area contributed by atoms with Crippen LogP contribution in [0.4, 0.5) is 5.69 Å². The van der Waals surface area contributed by atoms with Gasteiger partial charge in [-0.3, -0.25) is 0 Å². The van der Waals surface area contributed by atoms with E-state index in [4.69, 9.17) is 0 Å². The number of benzene rings is 2. The van der Waals surface area contributed by atoms with Gasteiger partial charge in [0, 0.05) is 15.8 Å². The van der Waals surface area contributed by atoms with Crippen LogP contribution in [0.5, 0.6) is 5.75 Å². The first-order valence-electron chi connectivity index (χ1n) is 5.53. The zero-order chi connectivity index (χ0) is 13.1. The summed E-state index contributed by atoms with van der Waals surface area (Å²) < 4.78 is 1.96. The Kier molecular flexibility index (Phi) is 4.50. The fourth-order valence-corrected chi connectivity index (χ4v) is 2.76. The van der Waals surface area contributed by atoms with Crippen molar-refractivity contribution in [2.24, 2.45) is 0 Å². The third kappa shape index (κ3) is 3.38. The summed E-state index contributed by atoms with van der Waals surface area (Å²) in [5, 5.41) is 12.8. The molecular formula is C14H13BrINO. The van der Waals surface area contributed by atoms with Crippen molar-refractivity contribution < 1.29 is 5.11 Å². The van der Waals surface area contributed by atoms with E-state index in [1.807, 2.05) is 12.1 Å². The number of aryl methyl sites for hydroxylation is 1. The average Bonchev–Trinajstić information content (AvgIpc) is 2.32. The molecule has 2 rings (SSSR count). The van der Waals surface area contributed by atoms with Crippen LogP contribution in [0.3, 0.4) is 0 Å². The second kappa shape index (κ2) is 5.93. The lowest BCUT2D eigenvalue weighted by Gasteiger charge is -2.10. The van der Waals surface area contributed by atoms with Gasteiger partial charge in [-0.1, -0.05) is 6.07 Å². The lowest BCUT2D eigenvalue weighted by Crippen LogP contribution is -2.01. The lowest BCUT2D eigenvalue weighted by molar-refractivity contribution is 0.471. The van der Waals surface area contributed by atoms with E-state index in [9.17, 15) is 5.11 Å². The van der Waals surface area contributed by atoms with Crippen LogP contribution in [-0.4, -0.2) is 5.11 Å². The molecular weight excluding hydrogens is 405 g/mol. The monoisotopic (exact) mass is 417 g/mol. The molecule has 2 aromatic carbocycles. The standard InChI is InChI=1S/C14H13BrINO/c1-9-6-11(16)3-4-13(9)17-8-10-2-5-14(18)12(15)7-10/h2-7,17-18H,8H2,1H3. The molecule has 0 bridgehead atoms. The van der Waals surface area contributed by atoms with Crippen molar-refractivity contribution in [3.05, 3.63) is 55.6 Å². The number of hydrogen-bond donors (Lipinski definition) is 2. The molecule has 4 heteroatoms. The zero-order valence-electron chi connectivity index (χ0n) is 9.87. The van der Waals surface area contributed by atoms with Gasteiger partial charge in [-0.15, -0.1) is 0 Å². The first kappa shape index (κ1) is 13.7. The van der Waals surface area contributed by atoms with Crippen LogP contribution in [0.2, 0.25) is 0 Å². The molecule has 0 aromatic heterocycles. The highest BCUT2D eigenvalue weighted by Gasteiger charge is 2.01. The Bertz CT molecular complexity index is 572. The second-order valence-electron chi connectivity index (χ2n) is 4.10. The molecule has 0 heterocycles. The minimum Gasteiger partial charge on any atom is -0.507 e. The molecule has 0 unspecified atom stereocenters. The first-order valence-corrected chi connectivity index (χ1v) is 7.41. The van der Waals surface area contributed by atoms with Crippen molar-refractivity contribution >= 4 is 44.2 Å². The highest BCUT2D eigenvalue weighted by Crippen LogP contribution is 2.25. The van der Waals surface area contributed by atoms with Gasteiger partial charge in [0.25, 0.3) is 0 Å². The third-order valence-electron chi connectivity index (χ3n) is 2.68. The van der Waals surface area contributed by atoms with Gasteiger partial charge in [0.05, 0.1) is 4.47 Å². The summed E-state index contributed by atoms with van der Waals surface area (Å²) in [7, 11) is 0. The Hall–Kier alpha value is -0.750. The summed E-state index contributed by atoms with van der Waals surface area (Å²) in [5.41, 5.74) is 3.50. The number of aromatic hydroxyl groups is 1. The van der Waals surface area contributed by atoms with Gasteiger partial charge in [-0.05, 0) is 86.9 Å². The molecule has 0 aliphatic rings. The summed E-state index contributed by atoms with van der Waals surface area (Å²) in [5.74, 6) is 0.268. The molecule has 0 saturated carbocycles. The summed E-state index contributed by atoms with van der Waals surface area (Å²) >= 11 is 5.63. The summed E-state index contributed by atoms with van der Waals surface area (Å²) in [6, 6.07) is 11.9. The van der Waals surface area contributed by atoms with E-state index in [-0.39, 0.29) is 5.75 Å². The fraction of sp³-hybridized carbons (Fsp3) is 0.143. The van der Waals surface area contributed by atoms with Crippen molar-refractivity contribution in [1.29, 1.82) is 0 Å². The van der Waals surface area contributed by atoms with Gasteiger partial charge in [0.15, 0.2) is 0 Å². The first-order chi connectivity index (χ1) is 8.56. The van der Waals surface area contributed by atoms with Crippen LogP contribution in [0.15, 0.2) is 40.9 Å². The maximum absolute atomic E-state index is 9.44. The van der Waals surface area contributed by atoms with E-state index in [2.05, 4.69) is 69.0 Å². The minimum absolute atomic E-state index is 0.268. The van der Waals surface area contributed by atoms with Gasteiger partial charge in [-0.25, -0.2) is 0 Å². The van der Waals surface area contributed by atoms with Gasteiger partial charge in [-0.2, -0.15) is 0 Å². The minimum atomic E-state index is 0.268. The van der Waals surface area contributed by atoms with E-state index in [0.717, 1.165) is 22.3 Å². The van der Waals surface area contributed by atoms with E-state index in [1.165, 1.54) is 9.13 Å². The van der Waals surface area contributed by atoms with Gasteiger partial charge in [0.2, 0.25) is 0 Å². The zero-order valence-corrected chi connectivity index (χ0v) is 13.6. The molecule has 0 atom stereocenters. The maximum atomic E-state index is 9.44. The molecule has 0 fully saturated rings. The molecule has 0 aliphatic carbocycles. The topological polar surface area (TPSA) is 32.3 Å². The number of nitrogens with one attached hydrogen (secondary N) is 1. The van der Waals surface area contributed by atoms with Gasteiger partial charge < -0.3 is 10.4 Å². The molecule has 0 radical (unpaired) electrons. The van der Waals surface area contributed by atoms with Crippen LogP contribution < -0.4 is 5.32 Å². The summed E-state index contributed by atoms with van der Waals surface area (Å²) in [4.78, 5) is 0. The SMILES string of the molecule is Cc1cc(I)ccc1NCc1ccc(O)c(Br)c1. The maximum Gasteiger partial charge on any atom is 0.129 e. The fourth-order valence-electron chi connectivity index (χ4n) is 1.68. The Morgan fingerprint density at radius 2 is 2.00 bits per heavy atom. The normalized spacial score (nSPS) is 10.4. The molecule has 18 heavy (non-hydrogen) atoms. The van der Waals surface area contributed by atoms with Crippen LogP contribution in [0.1, 0.15) is 11.1 Å². The molecule has 0 aliphatic heterocycles. The highest BCUT2D eigenvalue weighted by atomic mass is 127. The number of phenols is 1. The smallest absolute Gasteiger partial charge is 0.129 e. The van der Waals surface area contributed by atoms with Crippen molar-refractivity contribution in [2.45, 2.75) is 13.5 Å². The summed E-state index contributed by atoms with van der Waals surface area (Å²) in [6.07, 6.45) is 0. The van der Waals surface area contributed by atoms with Crippen molar-refractivity contribution in [2.75, 3.05) is 5.32 Å². The van der Waals surface area contributed by atoms with E-state index in [0.29, 0.717) is 0 Å². The van der Waals surface area contributed by atoms with Crippen molar-refractivity contribution in [1.82, 2.24) is 0 Å². The molecule has 2 aromatic rings. The number of rotatable bonds is 3. The molecule has 2 nitrogen and oxygen atoms in total. The number of halogens is 2. The molecule has 0 amide bonds. The Balaban J connectivity index is 2.09. The Morgan fingerprint density at radius 1 is 1.22 bits per heavy atom. The van der Waals surface area contributed by atoms with Crippen LogP contribution in [-0.2, 0) is 6.54 Å². The van der Waals surface area contributed by atoms with Gasteiger partial charge >= 0.3 is 0 Å². The Labute approximate surface area is 129 Å². The third-order valence-corrected chi connectivity index (χ3v) is 3.99. The molecule has 2 N–H and O–H groups in total. The average molecular weight is 418 g/mol. The van der Waals surface area contributed by atoms with Crippen LogP contribution in [0.25, 0.3) is 0 Å². The van der Waals surface area contributed by atoms with Gasteiger partial charge in [0.1, 0.15) is 5.75 Å². The Morgan fingerprint density at radius 3 is 2.67 bits per heavy atom. The van der Waals surface area contributed by atoms with Crippen molar-refractivity contribution in [3.63, 3.8) is 0 Å². The van der Waals surface area contributed by atoms with Crippen molar-refractivity contribution in [3.8, 4) is 5.75 Å². The predicted octanol–water partition coefficient (Wildman–Crippen LogP) is 4.68. The predicted molar refractivity (Wildman–Crippen MR) is 87.0 cm³/mol. The van der Waals surface area contributed by atoms with Crippen LogP contribution in [0, 0.1) is 10.5 Å². The second-order valence-corrected chi connectivity index (χ2v) is 6.20. The van der Waals surface area contributed by atoms with E-state index in [1.54, 1.807) is 6.07 Å². The summed E-state index contributed by atoms with van der Waals surface area (Å²) in [6.45, 7) is 2.83. The lowest BCUT2D eigenvalue weighted by atomic mass is 10.1. The van der Waals surface area contributed by atoms with Crippen LogP contribution >= 0.6 is 38.5 Å². The highest BCUT2D eigenvalue weighted by molar-refractivity contribution is 14.1. The van der Waals surface area contributed by atoms with E-state index < -0.39 is 0 Å². The number of anilines is 1. The molecule has 0 saturated heterocycles. The quantitative estimate of drug-likeness (QED) is 0.710.